The van der Waals surface area contributed by atoms with Crippen LogP contribution >= 0.6 is 0 Å². The molecule has 0 atom stereocenters. The number of Topliss-reactive ketones (excluding diaryl/α,β-unsaturated/α-hetero) is 1. The summed E-state index contributed by atoms with van der Waals surface area (Å²) in [5, 5.41) is 0. The highest BCUT2D eigenvalue weighted by Gasteiger charge is 2.27. The molecule has 0 spiro atoms. The van der Waals surface area contributed by atoms with E-state index in [1.807, 2.05) is 0 Å². The molecule has 0 aliphatic heterocycles. The third-order valence-corrected chi connectivity index (χ3v) is 4.73. The number of nitrogens with two attached hydrogens (primary N) is 1. The van der Waals surface area contributed by atoms with Gasteiger partial charge in [0.2, 0.25) is 0 Å². The van der Waals surface area contributed by atoms with Gasteiger partial charge in [0.25, 0.3) is 0 Å². The molecule has 0 aliphatic carbocycles. The molecule has 0 fully saturated rings. The molecule has 1 rings (SSSR count). The zero-order valence-corrected chi connectivity index (χ0v) is 11.8. The summed E-state index contributed by atoms with van der Waals surface area (Å²) in [7, 11) is -3.22. The van der Waals surface area contributed by atoms with Gasteiger partial charge < -0.3 is 5.73 Å². The summed E-state index contributed by atoms with van der Waals surface area (Å²) in [5.41, 5.74) is 5.40. The second-order valence-electron chi connectivity index (χ2n) is 4.84. The van der Waals surface area contributed by atoms with E-state index in [9.17, 15) is 13.2 Å². The van der Waals surface area contributed by atoms with Gasteiger partial charge in [-0.15, -0.1) is 0 Å². The van der Waals surface area contributed by atoms with Gasteiger partial charge in [-0.1, -0.05) is 32.9 Å². The highest BCUT2D eigenvalue weighted by molar-refractivity contribution is 7.91. The Balaban J connectivity index is 3.08. The van der Waals surface area contributed by atoms with Gasteiger partial charge in [0.1, 0.15) is 0 Å². The molecule has 0 heterocycles. The maximum absolute atomic E-state index is 12.1. The van der Waals surface area contributed by atoms with Gasteiger partial charge in [-0.3, -0.25) is 4.79 Å². The van der Waals surface area contributed by atoms with Crippen LogP contribution < -0.4 is 5.73 Å². The molecule has 0 radical (unpaired) electrons. The van der Waals surface area contributed by atoms with E-state index >= 15 is 0 Å². The van der Waals surface area contributed by atoms with Crippen LogP contribution in [0.25, 0.3) is 0 Å². The van der Waals surface area contributed by atoms with Gasteiger partial charge in [0.15, 0.2) is 15.6 Å². The van der Waals surface area contributed by atoms with Crippen molar-refractivity contribution in [3.63, 3.8) is 0 Å². The summed E-state index contributed by atoms with van der Waals surface area (Å²) in [6, 6.07) is 6.03. The Morgan fingerprint density at radius 3 is 2.11 bits per heavy atom. The predicted octanol–water partition coefficient (Wildman–Crippen LogP) is 1.65. The van der Waals surface area contributed by atoms with Gasteiger partial charge in [-0.2, -0.15) is 0 Å². The van der Waals surface area contributed by atoms with E-state index in [2.05, 4.69) is 0 Å². The van der Waals surface area contributed by atoms with Crippen molar-refractivity contribution in [2.24, 2.45) is 11.1 Å². The molecule has 18 heavy (non-hydrogen) atoms. The minimum atomic E-state index is -3.22. The van der Waals surface area contributed by atoms with E-state index < -0.39 is 15.3 Å². The van der Waals surface area contributed by atoms with Crippen LogP contribution in [0.5, 0.6) is 0 Å². The third-order valence-electron chi connectivity index (χ3n) is 2.98. The Hall–Kier alpha value is -1.20. The van der Waals surface area contributed by atoms with E-state index in [0.717, 1.165) is 0 Å². The Labute approximate surface area is 108 Å². The topological polar surface area (TPSA) is 77.2 Å². The minimum absolute atomic E-state index is 0.0502. The quantitative estimate of drug-likeness (QED) is 0.824. The zero-order chi connectivity index (χ0) is 14.0. The molecule has 1 aromatic rings. The molecule has 2 N–H and O–H groups in total. The Morgan fingerprint density at radius 1 is 1.22 bits per heavy atom. The number of ketones is 1. The molecule has 100 valence electrons. The highest BCUT2D eigenvalue weighted by atomic mass is 32.2. The van der Waals surface area contributed by atoms with Crippen molar-refractivity contribution in [3.8, 4) is 0 Å². The number of benzene rings is 1. The van der Waals surface area contributed by atoms with E-state index in [-0.39, 0.29) is 23.0 Å². The highest BCUT2D eigenvalue weighted by Crippen LogP contribution is 2.21. The van der Waals surface area contributed by atoms with Crippen LogP contribution in [0.3, 0.4) is 0 Å². The van der Waals surface area contributed by atoms with Gasteiger partial charge >= 0.3 is 0 Å². The van der Waals surface area contributed by atoms with Gasteiger partial charge in [-0.25, -0.2) is 8.42 Å². The normalized spacial score (nSPS) is 12.4. The summed E-state index contributed by atoms with van der Waals surface area (Å²) >= 11 is 0. The number of hydrogen-bond acceptors (Lipinski definition) is 4. The van der Waals surface area contributed by atoms with E-state index in [1.54, 1.807) is 32.9 Å². The molecule has 1 aromatic carbocycles. The monoisotopic (exact) mass is 269 g/mol. The number of sulfone groups is 1. The van der Waals surface area contributed by atoms with E-state index in [0.29, 0.717) is 5.56 Å². The first-order chi connectivity index (χ1) is 8.24. The van der Waals surface area contributed by atoms with E-state index in [1.165, 1.54) is 12.1 Å². The number of rotatable bonds is 5. The maximum atomic E-state index is 12.1. The molecule has 5 heteroatoms. The summed E-state index contributed by atoms with van der Waals surface area (Å²) in [6.45, 7) is 5.38. The van der Waals surface area contributed by atoms with Crippen LogP contribution in [0.4, 0.5) is 0 Å². The maximum Gasteiger partial charge on any atom is 0.178 e. The fourth-order valence-corrected chi connectivity index (χ4v) is 2.35. The molecule has 0 amide bonds. The average Bonchev–Trinajstić information content (AvgIpc) is 2.38. The molecule has 0 bridgehead atoms. The van der Waals surface area contributed by atoms with Crippen molar-refractivity contribution in [1.82, 2.24) is 0 Å². The van der Waals surface area contributed by atoms with Crippen LogP contribution in [0, 0.1) is 5.41 Å². The van der Waals surface area contributed by atoms with Gasteiger partial charge in [-0.05, 0) is 12.1 Å². The van der Waals surface area contributed by atoms with E-state index in [4.69, 9.17) is 5.73 Å². The molecular formula is C13H19NO3S. The molecule has 0 aromatic heterocycles. The zero-order valence-electron chi connectivity index (χ0n) is 10.9. The first-order valence-corrected chi connectivity index (χ1v) is 7.47. The fraction of sp³-hybridized carbons (Fsp3) is 0.462. The summed E-state index contributed by atoms with van der Waals surface area (Å²) in [5.74, 6) is -0.0281. The fourth-order valence-electron chi connectivity index (χ4n) is 1.46. The molecular weight excluding hydrogens is 250 g/mol. The molecule has 0 aliphatic rings. The molecule has 0 unspecified atom stereocenters. The lowest BCUT2D eigenvalue weighted by molar-refractivity contribution is 0.0847. The third kappa shape index (κ3) is 2.97. The van der Waals surface area contributed by atoms with Crippen LogP contribution in [0.2, 0.25) is 0 Å². The lowest BCUT2D eigenvalue weighted by Crippen LogP contribution is -2.32. The Bertz CT molecular complexity index is 530. The number of carbonyl (C=O) groups is 1. The van der Waals surface area contributed by atoms with Gasteiger partial charge in [0, 0.05) is 17.5 Å². The Morgan fingerprint density at radius 2 is 1.72 bits per heavy atom. The second-order valence-corrected chi connectivity index (χ2v) is 7.12. The molecule has 0 saturated carbocycles. The van der Waals surface area contributed by atoms with Crippen LogP contribution in [-0.4, -0.2) is 26.5 Å². The summed E-state index contributed by atoms with van der Waals surface area (Å²) in [4.78, 5) is 12.3. The van der Waals surface area contributed by atoms with Crippen molar-refractivity contribution >= 4 is 15.6 Å². The standard InChI is InChI=1S/C13H19NO3S/c1-4-18(16,17)11-7-5-10(6-8-11)12(15)13(2,3)9-14/h5-8H,4,9,14H2,1-3H3. The lowest BCUT2D eigenvalue weighted by atomic mass is 9.84. The lowest BCUT2D eigenvalue weighted by Gasteiger charge is -2.20. The summed E-state index contributed by atoms with van der Waals surface area (Å²) < 4.78 is 23.3. The molecule has 0 saturated heterocycles. The van der Waals surface area contributed by atoms with Crippen molar-refractivity contribution in [1.29, 1.82) is 0 Å². The van der Waals surface area contributed by atoms with Crippen LogP contribution in [0.1, 0.15) is 31.1 Å². The number of carbonyl (C=O) groups excluding carboxylic acids is 1. The number of hydrogen-bond donors (Lipinski definition) is 1. The van der Waals surface area contributed by atoms with Crippen molar-refractivity contribution in [2.45, 2.75) is 25.7 Å². The minimum Gasteiger partial charge on any atom is -0.329 e. The molecule has 4 nitrogen and oxygen atoms in total. The smallest absolute Gasteiger partial charge is 0.178 e. The summed E-state index contributed by atoms with van der Waals surface area (Å²) in [6.07, 6.45) is 0. The SMILES string of the molecule is CCS(=O)(=O)c1ccc(C(=O)C(C)(C)CN)cc1. The Kier molecular flexibility index (Phi) is 4.29. The second kappa shape index (κ2) is 5.20. The van der Waals surface area contributed by atoms with Crippen molar-refractivity contribution in [3.05, 3.63) is 29.8 Å². The largest absolute Gasteiger partial charge is 0.329 e. The average molecular weight is 269 g/mol. The van der Waals surface area contributed by atoms with Crippen LogP contribution in [-0.2, 0) is 9.84 Å². The van der Waals surface area contributed by atoms with Crippen molar-refractivity contribution < 1.29 is 13.2 Å². The predicted molar refractivity (Wildman–Crippen MR) is 71.3 cm³/mol. The van der Waals surface area contributed by atoms with Crippen LogP contribution in [0.15, 0.2) is 29.2 Å². The van der Waals surface area contributed by atoms with Crippen molar-refractivity contribution in [2.75, 3.05) is 12.3 Å². The van der Waals surface area contributed by atoms with Gasteiger partial charge in [0.05, 0.1) is 10.6 Å². The first-order valence-electron chi connectivity index (χ1n) is 5.82. The first kappa shape index (κ1) is 14.9.